The van der Waals surface area contributed by atoms with E-state index in [1.807, 2.05) is 60.7 Å². The molecule has 0 aromatic heterocycles. The van der Waals surface area contributed by atoms with Crippen molar-refractivity contribution in [3.05, 3.63) is 102 Å². The van der Waals surface area contributed by atoms with Gasteiger partial charge in [-0.25, -0.2) is 13.1 Å². The summed E-state index contributed by atoms with van der Waals surface area (Å²) in [5, 5.41) is 12.0. The van der Waals surface area contributed by atoms with Crippen molar-refractivity contribution in [2.75, 3.05) is 13.2 Å². The third kappa shape index (κ3) is 8.48. The van der Waals surface area contributed by atoms with Crippen LogP contribution in [0.5, 0.6) is 0 Å². The zero-order valence-electron chi connectivity index (χ0n) is 21.8. The Morgan fingerprint density at radius 3 is 2.08 bits per heavy atom. The number of aliphatic hydroxyl groups is 1. The molecule has 1 fully saturated rings. The van der Waals surface area contributed by atoms with Gasteiger partial charge in [0.15, 0.2) is 0 Å². The van der Waals surface area contributed by atoms with Crippen molar-refractivity contribution in [1.29, 1.82) is 0 Å². The highest BCUT2D eigenvalue weighted by molar-refractivity contribution is 7.89. The van der Waals surface area contributed by atoms with Crippen LogP contribution < -0.4 is 10.0 Å². The van der Waals surface area contributed by atoms with Gasteiger partial charge < -0.3 is 15.3 Å². The molecule has 4 rings (SSSR count). The van der Waals surface area contributed by atoms with Crippen LogP contribution in [0.15, 0.2) is 89.8 Å². The molecule has 0 heterocycles. The standard InChI is InChI=1S/C30H35N3O5S/c34-20-19-31-30(36)28(21-24-7-3-1-4-8-24)33(22-25-9-5-2-6-10-25)29(35)18-13-23-11-16-27(17-12-23)39(37,38)32-26-14-15-26/h1-12,16-17,26,28,32,34H,13-15,18-22H2,(H,31,36). The van der Waals surface area contributed by atoms with E-state index in [4.69, 9.17) is 0 Å². The van der Waals surface area contributed by atoms with E-state index in [0.29, 0.717) is 12.8 Å². The molecule has 206 valence electrons. The second-order valence-electron chi connectivity index (χ2n) is 9.77. The number of carbonyl (C=O) groups is 2. The average molecular weight is 550 g/mol. The first-order valence-corrected chi connectivity index (χ1v) is 14.7. The van der Waals surface area contributed by atoms with Crippen LogP contribution in [0.2, 0.25) is 0 Å². The number of aryl methyl sites for hydroxylation is 1. The van der Waals surface area contributed by atoms with Crippen LogP contribution in [-0.4, -0.2) is 55.5 Å². The molecule has 1 atom stereocenters. The van der Waals surface area contributed by atoms with Gasteiger partial charge in [-0.1, -0.05) is 72.8 Å². The van der Waals surface area contributed by atoms with Crippen molar-refractivity contribution in [3.63, 3.8) is 0 Å². The topological polar surface area (TPSA) is 116 Å². The average Bonchev–Trinajstić information content (AvgIpc) is 3.77. The predicted octanol–water partition coefficient (Wildman–Crippen LogP) is 2.81. The molecule has 9 heteroatoms. The molecule has 1 saturated carbocycles. The van der Waals surface area contributed by atoms with Gasteiger partial charge in [0.25, 0.3) is 0 Å². The Balaban J connectivity index is 1.51. The molecule has 1 aliphatic rings. The molecule has 2 amide bonds. The van der Waals surface area contributed by atoms with Gasteiger partial charge in [-0.3, -0.25) is 9.59 Å². The lowest BCUT2D eigenvalue weighted by Crippen LogP contribution is -2.51. The Kier molecular flexibility index (Phi) is 9.86. The van der Waals surface area contributed by atoms with Crippen LogP contribution in [0.4, 0.5) is 0 Å². The van der Waals surface area contributed by atoms with E-state index in [0.717, 1.165) is 29.5 Å². The highest BCUT2D eigenvalue weighted by Gasteiger charge is 2.30. The van der Waals surface area contributed by atoms with Crippen LogP contribution in [-0.2, 0) is 39.0 Å². The number of nitrogens with one attached hydrogen (secondary N) is 2. The van der Waals surface area contributed by atoms with E-state index in [-0.39, 0.29) is 48.9 Å². The van der Waals surface area contributed by atoms with Crippen LogP contribution >= 0.6 is 0 Å². The maximum atomic E-state index is 13.7. The quantitative estimate of drug-likeness (QED) is 0.286. The number of aliphatic hydroxyl groups excluding tert-OH is 1. The van der Waals surface area contributed by atoms with Gasteiger partial charge in [-0.15, -0.1) is 0 Å². The summed E-state index contributed by atoms with van der Waals surface area (Å²) >= 11 is 0. The van der Waals surface area contributed by atoms with Crippen molar-refractivity contribution in [2.24, 2.45) is 0 Å². The summed E-state index contributed by atoms with van der Waals surface area (Å²) < 4.78 is 27.6. The third-order valence-electron chi connectivity index (χ3n) is 6.64. The van der Waals surface area contributed by atoms with E-state index in [1.54, 1.807) is 29.2 Å². The fourth-order valence-electron chi connectivity index (χ4n) is 4.35. The van der Waals surface area contributed by atoms with Crippen molar-refractivity contribution < 1.29 is 23.1 Å². The number of hydrogen-bond donors (Lipinski definition) is 3. The maximum Gasteiger partial charge on any atom is 0.243 e. The fraction of sp³-hybridized carbons (Fsp3) is 0.333. The lowest BCUT2D eigenvalue weighted by Gasteiger charge is -2.31. The molecular formula is C30H35N3O5S. The Morgan fingerprint density at radius 1 is 0.872 bits per heavy atom. The van der Waals surface area contributed by atoms with Gasteiger partial charge in [-0.05, 0) is 48.1 Å². The number of nitrogens with zero attached hydrogens (tertiary/aromatic N) is 1. The molecule has 0 aliphatic heterocycles. The number of rotatable bonds is 14. The number of sulfonamides is 1. The highest BCUT2D eigenvalue weighted by atomic mass is 32.2. The van der Waals surface area contributed by atoms with E-state index in [9.17, 15) is 23.1 Å². The largest absolute Gasteiger partial charge is 0.395 e. The summed E-state index contributed by atoms with van der Waals surface area (Å²) in [6.45, 7) is 0.161. The van der Waals surface area contributed by atoms with Gasteiger partial charge in [0, 0.05) is 32.0 Å². The lowest BCUT2D eigenvalue weighted by molar-refractivity contribution is -0.141. The second-order valence-corrected chi connectivity index (χ2v) is 11.5. The van der Waals surface area contributed by atoms with Gasteiger partial charge in [-0.2, -0.15) is 0 Å². The van der Waals surface area contributed by atoms with Crippen molar-refractivity contribution in [2.45, 2.75) is 55.6 Å². The SMILES string of the molecule is O=C(NCCO)C(Cc1ccccc1)N(Cc1ccccc1)C(=O)CCc1ccc(S(=O)(=O)NC2CC2)cc1. The summed E-state index contributed by atoms with van der Waals surface area (Å²) in [7, 11) is -3.54. The summed E-state index contributed by atoms with van der Waals surface area (Å²) in [4.78, 5) is 28.7. The molecule has 8 nitrogen and oxygen atoms in total. The molecule has 0 saturated heterocycles. The molecule has 3 aromatic rings. The number of hydrogen-bond acceptors (Lipinski definition) is 5. The minimum absolute atomic E-state index is 0.0290. The molecule has 0 bridgehead atoms. The molecule has 0 radical (unpaired) electrons. The smallest absolute Gasteiger partial charge is 0.243 e. The lowest BCUT2D eigenvalue weighted by atomic mass is 10.0. The van der Waals surface area contributed by atoms with Crippen molar-refractivity contribution >= 4 is 21.8 Å². The monoisotopic (exact) mass is 549 g/mol. The minimum atomic E-state index is -3.54. The summed E-state index contributed by atoms with van der Waals surface area (Å²) in [6.07, 6.45) is 2.61. The second kappa shape index (κ2) is 13.5. The Hall–Kier alpha value is -3.53. The molecule has 0 spiro atoms. The van der Waals surface area contributed by atoms with Gasteiger partial charge in [0.05, 0.1) is 11.5 Å². The van der Waals surface area contributed by atoms with Gasteiger partial charge in [0.2, 0.25) is 21.8 Å². The first kappa shape index (κ1) is 28.5. The molecule has 1 unspecified atom stereocenters. The van der Waals surface area contributed by atoms with Crippen LogP contribution in [0.25, 0.3) is 0 Å². The molecule has 3 N–H and O–H groups in total. The fourth-order valence-corrected chi connectivity index (χ4v) is 5.65. The predicted molar refractivity (Wildman–Crippen MR) is 149 cm³/mol. The molecule has 1 aliphatic carbocycles. The van der Waals surface area contributed by atoms with E-state index in [1.165, 1.54) is 0 Å². The van der Waals surface area contributed by atoms with Crippen LogP contribution in [0, 0.1) is 0 Å². The zero-order valence-corrected chi connectivity index (χ0v) is 22.6. The van der Waals surface area contributed by atoms with E-state index in [2.05, 4.69) is 10.0 Å². The first-order chi connectivity index (χ1) is 18.9. The highest BCUT2D eigenvalue weighted by Crippen LogP contribution is 2.23. The molecule has 39 heavy (non-hydrogen) atoms. The number of carbonyl (C=O) groups excluding carboxylic acids is 2. The molecular weight excluding hydrogens is 514 g/mol. The number of amides is 2. The number of benzene rings is 3. The summed E-state index contributed by atoms with van der Waals surface area (Å²) in [6, 6.07) is 24.9. The first-order valence-electron chi connectivity index (χ1n) is 13.2. The summed E-state index contributed by atoms with van der Waals surface area (Å²) in [5.74, 6) is -0.513. The Labute approximate surface area is 230 Å². The van der Waals surface area contributed by atoms with Crippen LogP contribution in [0.1, 0.15) is 36.0 Å². The van der Waals surface area contributed by atoms with Crippen molar-refractivity contribution in [1.82, 2.24) is 14.9 Å². The third-order valence-corrected chi connectivity index (χ3v) is 8.17. The van der Waals surface area contributed by atoms with Crippen molar-refractivity contribution in [3.8, 4) is 0 Å². The van der Waals surface area contributed by atoms with E-state index >= 15 is 0 Å². The Bertz CT molecular complexity index is 1330. The Morgan fingerprint density at radius 2 is 1.49 bits per heavy atom. The maximum absolute atomic E-state index is 13.7. The minimum Gasteiger partial charge on any atom is -0.395 e. The van der Waals surface area contributed by atoms with Gasteiger partial charge in [0.1, 0.15) is 6.04 Å². The van der Waals surface area contributed by atoms with Crippen LogP contribution in [0.3, 0.4) is 0 Å². The van der Waals surface area contributed by atoms with Gasteiger partial charge >= 0.3 is 0 Å². The molecule has 3 aromatic carbocycles. The normalized spacial score (nSPS) is 14.0. The summed E-state index contributed by atoms with van der Waals surface area (Å²) in [5.41, 5.74) is 2.65. The van der Waals surface area contributed by atoms with E-state index < -0.39 is 16.1 Å². The zero-order chi connectivity index (χ0) is 27.7.